The van der Waals surface area contributed by atoms with Crippen LogP contribution in [0.1, 0.15) is 125 Å². The van der Waals surface area contributed by atoms with Crippen LogP contribution < -0.4 is 0 Å². The Morgan fingerprint density at radius 1 is 0.481 bits per heavy atom. The molecule has 0 heterocycles. The zero-order valence-corrected chi connectivity index (χ0v) is 29.8. The Morgan fingerprint density at radius 2 is 0.808 bits per heavy atom. The third-order valence-corrected chi connectivity index (χ3v) is 4.31. The first-order valence-electron chi connectivity index (χ1n) is 21.0. The molecule has 0 aliphatic heterocycles. The molecule has 0 bridgehead atoms. The maximum absolute atomic E-state index is 11.8. The van der Waals surface area contributed by atoms with E-state index in [9.17, 15) is 43.2 Å². The minimum absolute atomic E-state index is 0. The average molecular weight is 767 g/mol. The van der Waals surface area contributed by atoms with Gasteiger partial charge in [-0.2, -0.15) is 0 Å². The molecule has 0 saturated carbocycles. The molecule has 0 spiro atoms. The molecule has 0 aromatic carbocycles. The van der Waals surface area contributed by atoms with Gasteiger partial charge in [-0.25, -0.2) is 14.4 Å². The Morgan fingerprint density at radius 3 is 1.17 bits per heavy atom. The van der Waals surface area contributed by atoms with E-state index >= 15 is 0 Å². The molecule has 0 aromatic rings. The predicted octanol–water partition coefficient (Wildman–Crippen LogP) is 3.11. The number of hydrogen-bond acceptors (Lipinski definition) is 18. The third-order valence-electron chi connectivity index (χ3n) is 4.31. The lowest BCUT2D eigenvalue weighted by molar-refractivity contribution is -0.166. The van der Waals surface area contributed by atoms with E-state index < -0.39 is 117 Å². The molecule has 0 unspecified atom stereocenters. The molecular formula is C34H58O18. The van der Waals surface area contributed by atoms with E-state index in [-0.39, 0.29) is 40.1 Å². The summed E-state index contributed by atoms with van der Waals surface area (Å²) in [5.74, 6) is -9.21. The van der Waals surface area contributed by atoms with E-state index in [2.05, 4.69) is 37.9 Å². The molecule has 0 saturated heterocycles. The van der Waals surface area contributed by atoms with Crippen molar-refractivity contribution in [3.63, 3.8) is 0 Å². The van der Waals surface area contributed by atoms with Crippen LogP contribution in [0.3, 0.4) is 0 Å². The van der Waals surface area contributed by atoms with Crippen molar-refractivity contribution in [2.24, 2.45) is 0 Å². The first-order valence-corrected chi connectivity index (χ1v) is 15.0. The summed E-state index contributed by atoms with van der Waals surface area (Å²) in [6, 6.07) is 0. The Hall–Kier alpha value is -4.77. The summed E-state index contributed by atoms with van der Waals surface area (Å²) in [4.78, 5) is 101. The van der Waals surface area contributed by atoms with Crippen LogP contribution in [0, 0.1) is 0 Å². The molecule has 52 heavy (non-hydrogen) atoms. The van der Waals surface area contributed by atoms with Gasteiger partial charge in [0.05, 0.1) is 47.7 Å². The Bertz CT molecular complexity index is 1590. The highest BCUT2D eigenvalue weighted by atomic mass is 16.6. The van der Waals surface area contributed by atoms with Crippen LogP contribution in [-0.2, 0) is 85.8 Å². The van der Waals surface area contributed by atoms with Gasteiger partial charge in [-0.05, 0) is 60.7 Å². The zero-order chi connectivity index (χ0) is 50.5. The second-order valence-corrected chi connectivity index (χ2v) is 8.80. The Balaban J connectivity index is -0.000000421. The second-order valence-electron chi connectivity index (χ2n) is 8.80. The number of hydrogen-bond donors (Lipinski definition) is 0. The van der Waals surface area contributed by atoms with Crippen molar-refractivity contribution in [2.75, 3.05) is 39.5 Å². The molecule has 3 atom stereocenters. The van der Waals surface area contributed by atoms with Gasteiger partial charge < -0.3 is 42.6 Å². The summed E-state index contributed by atoms with van der Waals surface area (Å²) < 4.78 is 129. The van der Waals surface area contributed by atoms with Crippen LogP contribution in [0.2, 0.25) is 0 Å². The number of carbonyl (C=O) groups excluding carboxylic acids is 9. The molecule has 0 aliphatic rings. The topological polar surface area (TPSA) is 237 Å². The summed E-state index contributed by atoms with van der Waals surface area (Å²) in [6.45, 7) is 2.72. The summed E-state index contributed by atoms with van der Waals surface area (Å²) in [5.41, 5.74) is 0. The van der Waals surface area contributed by atoms with E-state index in [1.54, 1.807) is 13.8 Å². The van der Waals surface area contributed by atoms with Gasteiger partial charge in [0.25, 0.3) is 0 Å². The fourth-order valence-corrected chi connectivity index (χ4v) is 2.30. The van der Waals surface area contributed by atoms with Gasteiger partial charge in [-0.1, -0.05) is 7.43 Å². The van der Waals surface area contributed by atoms with Crippen molar-refractivity contribution in [1.29, 1.82) is 0 Å². The van der Waals surface area contributed by atoms with E-state index in [1.165, 1.54) is 20.8 Å². The minimum atomic E-state index is -3.59. The third kappa shape index (κ3) is 36.5. The summed E-state index contributed by atoms with van der Waals surface area (Å²) in [5, 5.41) is 0. The molecular weight excluding hydrogens is 696 g/mol. The summed E-state index contributed by atoms with van der Waals surface area (Å²) in [7, 11) is 0. The molecule has 0 N–H and O–H groups in total. The summed E-state index contributed by atoms with van der Waals surface area (Å²) in [6.07, 6.45) is -15.5. The zero-order valence-electron chi connectivity index (χ0n) is 41.8. The number of carbonyl (C=O) groups is 9. The highest BCUT2D eigenvalue weighted by molar-refractivity contribution is 5.80. The highest BCUT2D eigenvalue weighted by Crippen LogP contribution is 2.03. The van der Waals surface area contributed by atoms with Gasteiger partial charge in [0.15, 0.2) is 18.3 Å². The fourth-order valence-electron chi connectivity index (χ4n) is 2.30. The van der Waals surface area contributed by atoms with Crippen molar-refractivity contribution in [2.45, 2.75) is 126 Å². The largest absolute Gasteiger partial charge is 0.466 e. The smallest absolute Gasteiger partial charge is 0.347 e. The molecule has 0 fully saturated rings. The first kappa shape index (κ1) is 33.1. The molecule has 0 amide bonds. The van der Waals surface area contributed by atoms with Gasteiger partial charge in [0.1, 0.15) is 0 Å². The van der Waals surface area contributed by atoms with Gasteiger partial charge in [0.2, 0.25) is 0 Å². The van der Waals surface area contributed by atoms with Gasteiger partial charge in [-0.15, -0.1) is 0 Å². The van der Waals surface area contributed by atoms with Crippen LogP contribution in [-0.4, -0.2) is 112 Å². The lowest BCUT2D eigenvalue weighted by Crippen LogP contribution is -2.26. The van der Waals surface area contributed by atoms with E-state index in [1.807, 2.05) is 0 Å². The van der Waals surface area contributed by atoms with Crippen LogP contribution in [0.25, 0.3) is 0 Å². The summed E-state index contributed by atoms with van der Waals surface area (Å²) >= 11 is 0. The molecule has 0 radical (unpaired) electrons. The van der Waals surface area contributed by atoms with Crippen LogP contribution in [0.15, 0.2) is 0 Å². The SMILES string of the molecule is C.[2H]C([2H])(CC(=O)O[C@@H](C)C(=O)OCC)C([2H])([2H])OC(C)=O.[2H]C([2H])(CCC(=O)O[C@@H](C)C(=O)OCC)OC(C)=O.[2H]C([2H])(OC(C)=O)C([2H])([2H])C([2H])([2H])C(=O)O[C@@H](C)C(=O)OCC. The Labute approximate surface area is 322 Å². The molecule has 0 aromatic heterocycles. The van der Waals surface area contributed by atoms with E-state index in [0.717, 1.165) is 27.7 Å². The number of esters is 9. The van der Waals surface area contributed by atoms with Crippen molar-refractivity contribution in [1.82, 2.24) is 0 Å². The van der Waals surface area contributed by atoms with Crippen molar-refractivity contribution in [3.8, 4) is 0 Å². The van der Waals surface area contributed by atoms with Gasteiger partial charge in [0, 0.05) is 48.2 Å². The number of ether oxygens (including phenoxy) is 9. The van der Waals surface area contributed by atoms with E-state index in [4.69, 9.17) is 21.2 Å². The molecule has 18 nitrogen and oxygen atoms in total. The highest BCUT2D eigenvalue weighted by Gasteiger charge is 2.20. The monoisotopic (exact) mass is 766 g/mol. The van der Waals surface area contributed by atoms with E-state index in [0.29, 0.717) is 0 Å². The first-order chi connectivity index (χ1) is 28.3. The maximum atomic E-state index is 11.8. The molecule has 302 valence electrons. The lowest BCUT2D eigenvalue weighted by atomic mass is 10.3. The van der Waals surface area contributed by atoms with Crippen LogP contribution in [0.5, 0.6) is 0 Å². The maximum Gasteiger partial charge on any atom is 0.347 e. The molecule has 18 heteroatoms. The van der Waals surface area contributed by atoms with Crippen LogP contribution in [0.4, 0.5) is 0 Å². The van der Waals surface area contributed by atoms with Crippen molar-refractivity contribution < 1.29 is 102 Å². The van der Waals surface area contributed by atoms with Crippen molar-refractivity contribution in [3.05, 3.63) is 0 Å². The van der Waals surface area contributed by atoms with Crippen molar-refractivity contribution >= 4 is 53.7 Å². The average Bonchev–Trinajstić information content (AvgIpc) is 3.09. The van der Waals surface area contributed by atoms with Gasteiger partial charge >= 0.3 is 53.7 Å². The fraction of sp³-hybridized carbons (Fsp3) is 0.735. The number of rotatable bonds is 21. The lowest BCUT2D eigenvalue weighted by Gasteiger charge is -2.11. The quantitative estimate of drug-likeness (QED) is 0.120. The minimum Gasteiger partial charge on any atom is -0.466 e. The molecule has 0 rings (SSSR count). The standard InChI is InChI=1S/3C11H18O6.CH4/c3*1-4-15-11(14)8(2)17-10(13)6-5-7-16-9(3)12;/h3*8H,4-7H2,1-3H3;1H4/t3*8-;/m000./s1/i5D2,6D2,7D2;5D2,7D2;7D2;. The van der Waals surface area contributed by atoms with Gasteiger partial charge in [-0.3, -0.25) is 28.8 Å². The predicted molar refractivity (Wildman–Crippen MR) is 181 cm³/mol. The van der Waals surface area contributed by atoms with Crippen LogP contribution >= 0.6 is 0 Å². The normalized spacial score (nSPS) is 16.3. The Kier molecular flexibility index (Phi) is 22.1. The molecule has 0 aliphatic carbocycles. The second kappa shape index (κ2) is 34.7.